The van der Waals surface area contributed by atoms with Crippen molar-refractivity contribution in [3.8, 4) is 0 Å². The Bertz CT molecular complexity index is 739. The Morgan fingerprint density at radius 2 is 2.05 bits per heavy atom. The van der Waals surface area contributed by atoms with Crippen LogP contribution in [0.3, 0.4) is 0 Å². The molecular weight excluding hydrogens is 328 g/mol. The van der Waals surface area contributed by atoms with Gasteiger partial charge in [-0.2, -0.15) is 0 Å². The third-order valence-electron chi connectivity index (χ3n) is 2.67. The third-order valence-corrected chi connectivity index (χ3v) is 3.27. The standard InChI is InChI=1S/C13H9BrN2O4/c14-11-5-2-6-15(13(11)18)8-12(17)9-3-1-4-10(7-9)16(19)20/h1-7H,8H2. The Balaban J connectivity index is 2.29. The SMILES string of the molecule is O=C(Cn1cccc(Br)c1=O)c1cccc([N+](=O)[O-])c1. The zero-order valence-electron chi connectivity index (χ0n) is 10.2. The van der Waals surface area contributed by atoms with Crippen molar-refractivity contribution in [1.29, 1.82) is 0 Å². The molecule has 0 unspecified atom stereocenters. The highest BCUT2D eigenvalue weighted by atomic mass is 79.9. The van der Waals surface area contributed by atoms with Crippen molar-refractivity contribution in [3.05, 3.63) is 73.1 Å². The predicted molar refractivity (Wildman–Crippen MR) is 75.8 cm³/mol. The third kappa shape index (κ3) is 3.00. The van der Waals surface area contributed by atoms with Gasteiger partial charge in [-0.25, -0.2) is 0 Å². The van der Waals surface area contributed by atoms with E-state index in [1.54, 1.807) is 12.1 Å². The molecule has 0 fully saturated rings. The molecule has 2 aromatic rings. The van der Waals surface area contributed by atoms with Crippen molar-refractivity contribution in [1.82, 2.24) is 4.57 Å². The molecule has 1 heterocycles. The molecule has 1 aromatic heterocycles. The first kappa shape index (κ1) is 14.1. The van der Waals surface area contributed by atoms with Gasteiger partial charge in [0, 0.05) is 23.9 Å². The van der Waals surface area contributed by atoms with Crippen molar-refractivity contribution < 1.29 is 9.72 Å². The number of halogens is 1. The van der Waals surface area contributed by atoms with Gasteiger partial charge in [-0.15, -0.1) is 0 Å². The van der Waals surface area contributed by atoms with Gasteiger partial charge in [-0.1, -0.05) is 12.1 Å². The van der Waals surface area contributed by atoms with Crippen LogP contribution in [0.4, 0.5) is 5.69 Å². The molecule has 0 aliphatic rings. The average molecular weight is 337 g/mol. The van der Waals surface area contributed by atoms with E-state index in [1.807, 2.05) is 0 Å². The summed E-state index contributed by atoms with van der Waals surface area (Å²) in [5.41, 5.74) is -0.283. The van der Waals surface area contributed by atoms with Crippen LogP contribution in [0.25, 0.3) is 0 Å². The van der Waals surface area contributed by atoms with Crippen molar-refractivity contribution in [3.63, 3.8) is 0 Å². The van der Waals surface area contributed by atoms with Crippen LogP contribution in [0, 0.1) is 10.1 Å². The first-order valence-corrected chi connectivity index (χ1v) is 6.41. The number of carbonyl (C=O) groups excluding carboxylic acids is 1. The smallest absolute Gasteiger partial charge is 0.270 e. The summed E-state index contributed by atoms with van der Waals surface area (Å²) < 4.78 is 1.59. The summed E-state index contributed by atoms with van der Waals surface area (Å²) in [4.78, 5) is 33.9. The molecule has 0 radical (unpaired) electrons. The highest BCUT2D eigenvalue weighted by Crippen LogP contribution is 2.14. The van der Waals surface area contributed by atoms with Crippen molar-refractivity contribution in [2.45, 2.75) is 6.54 Å². The largest absolute Gasteiger partial charge is 0.307 e. The Kier molecular flexibility index (Phi) is 4.09. The second kappa shape index (κ2) is 5.79. The Labute approximate surface area is 121 Å². The minimum Gasteiger partial charge on any atom is -0.307 e. The summed E-state index contributed by atoms with van der Waals surface area (Å²) in [7, 11) is 0. The van der Waals surface area contributed by atoms with Gasteiger partial charge in [0.15, 0.2) is 5.78 Å². The number of Topliss-reactive ketones (excluding diaryl/α,β-unsaturated/α-hetero) is 1. The number of pyridine rings is 1. The number of benzene rings is 1. The van der Waals surface area contributed by atoms with Crippen LogP contribution in [0.2, 0.25) is 0 Å². The molecule has 0 saturated heterocycles. The maximum absolute atomic E-state index is 12.1. The highest BCUT2D eigenvalue weighted by Gasteiger charge is 2.12. The molecule has 20 heavy (non-hydrogen) atoms. The molecular formula is C13H9BrN2O4. The summed E-state index contributed by atoms with van der Waals surface area (Å²) >= 11 is 3.09. The summed E-state index contributed by atoms with van der Waals surface area (Å²) in [6.07, 6.45) is 1.49. The van der Waals surface area contributed by atoms with Crippen LogP contribution in [-0.4, -0.2) is 15.3 Å². The Morgan fingerprint density at radius 1 is 1.30 bits per heavy atom. The van der Waals surface area contributed by atoms with Gasteiger partial charge in [-0.05, 0) is 28.1 Å². The molecule has 6 nitrogen and oxygen atoms in total. The summed E-state index contributed by atoms with van der Waals surface area (Å²) in [6, 6.07) is 8.64. The number of carbonyl (C=O) groups is 1. The lowest BCUT2D eigenvalue weighted by molar-refractivity contribution is -0.384. The van der Waals surface area contributed by atoms with E-state index < -0.39 is 4.92 Å². The molecule has 0 amide bonds. The Hall–Kier alpha value is -2.28. The van der Waals surface area contributed by atoms with Crippen molar-refractivity contribution >= 4 is 27.4 Å². The fourth-order valence-corrected chi connectivity index (χ4v) is 2.05. The molecule has 0 spiro atoms. The minimum atomic E-state index is -0.567. The van der Waals surface area contributed by atoms with E-state index in [1.165, 1.54) is 35.0 Å². The molecule has 102 valence electrons. The van der Waals surface area contributed by atoms with E-state index in [-0.39, 0.29) is 29.1 Å². The summed E-state index contributed by atoms with van der Waals surface area (Å²) in [6.45, 7) is -0.167. The fourth-order valence-electron chi connectivity index (χ4n) is 1.67. The molecule has 0 bridgehead atoms. The number of ketones is 1. The number of hydrogen-bond acceptors (Lipinski definition) is 4. The molecule has 7 heteroatoms. The lowest BCUT2D eigenvalue weighted by Crippen LogP contribution is -2.24. The number of rotatable bonds is 4. The maximum atomic E-state index is 12.1. The summed E-state index contributed by atoms with van der Waals surface area (Å²) in [5, 5.41) is 10.7. The topological polar surface area (TPSA) is 82.2 Å². The first-order chi connectivity index (χ1) is 9.49. The minimum absolute atomic E-state index is 0.155. The zero-order valence-corrected chi connectivity index (χ0v) is 11.7. The normalized spacial score (nSPS) is 10.2. The molecule has 2 rings (SSSR count). The molecule has 0 aliphatic carbocycles. The lowest BCUT2D eigenvalue weighted by atomic mass is 10.1. The van der Waals surface area contributed by atoms with Gasteiger partial charge >= 0.3 is 0 Å². The van der Waals surface area contributed by atoms with Gasteiger partial charge < -0.3 is 4.57 Å². The second-order valence-electron chi connectivity index (χ2n) is 4.02. The van der Waals surface area contributed by atoms with Crippen molar-refractivity contribution in [2.75, 3.05) is 0 Å². The maximum Gasteiger partial charge on any atom is 0.270 e. The first-order valence-electron chi connectivity index (χ1n) is 5.61. The van der Waals surface area contributed by atoms with Gasteiger partial charge in [0.2, 0.25) is 0 Å². The number of non-ortho nitro benzene ring substituents is 1. The van der Waals surface area contributed by atoms with E-state index in [4.69, 9.17) is 0 Å². The van der Waals surface area contributed by atoms with Crippen molar-refractivity contribution in [2.24, 2.45) is 0 Å². The van der Waals surface area contributed by atoms with Gasteiger partial charge in [0.1, 0.15) is 0 Å². The van der Waals surface area contributed by atoms with Crippen LogP contribution in [0.1, 0.15) is 10.4 Å². The number of nitro groups is 1. The van der Waals surface area contributed by atoms with Gasteiger partial charge in [0.05, 0.1) is 15.9 Å². The summed E-state index contributed by atoms with van der Waals surface area (Å²) in [5.74, 6) is -0.367. The van der Waals surface area contributed by atoms with Gasteiger partial charge in [0.25, 0.3) is 11.2 Å². The van der Waals surface area contributed by atoms with E-state index in [0.29, 0.717) is 4.47 Å². The van der Waals surface area contributed by atoms with Crippen LogP contribution >= 0.6 is 15.9 Å². The average Bonchev–Trinajstić information content (AvgIpc) is 2.44. The van der Waals surface area contributed by atoms with Crippen LogP contribution in [0.15, 0.2) is 51.9 Å². The molecule has 0 aliphatic heterocycles. The Morgan fingerprint density at radius 3 is 2.75 bits per heavy atom. The fraction of sp³-hybridized carbons (Fsp3) is 0.0769. The lowest BCUT2D eigenvalue weighted by Gasteiger charge is -2.05. The molecule has 1 aromatic carbocycles. The molecule has 0 saturated carbocycles. The van der Waals surface area contributed by atoms with Gasteiger partial charge in [-0.3, -0.25) is 19.7 Å². The quantitative estimate of drug-likeness (QED) is 0.487. The van der Waals surface area contributed by atoms with E-state index >= 15 is 0 Å². The monoisotopic (exact) mass is 336 g/mol. The number of aromatic nitrogens is 1. The predicted octanol–water partition coefficient (Wildman–Crippen LogP) is 2.40. The van der Waals surface area contributed by atoms with Crippen LogP contribution < -0.4 is 5.56 Å². The van der Waals surface area contributed by atoms with E-state index in [9.17, 15) is 19.7 Å². The highest BCUT2D eigenvalue weighted by molar-refractivity contribution is 9.10. The van der Waals surface area contributed by atoms with E-state index in [2.05, 4.69) is 15.9 Å². The number of hydrogen-bond donors (Lipinski definition) is 0. The zero-order chi connectivity index (χ0) is 14.7. The van der Waals surface area contributed by atoms with Crippen LogP contribution in [-0.2, 0) is 6.54 Å². The second-order valence-corrected chi connectivity index (χ2v) is 4.87. The molecule has 0 atom stereocenters. The number of nitro benzene ring substituents is 1. The number of nitrogens with zero attached hydrogens (tertiary/aromatic N) is 2. The molecule has 0 N–H and O–H groups in total. The van der Waals surface area contributed by atoms with E-state index in [0.717, 1.165) is 0 Å². The van der Waals surface area contributed by atoms with Crippen LogP contribution in [0.5, 0.6) is 0 Å².